The second-order valence-corrected chi connectivity index (χ2v) is 7.42. The van der Waals surface area contributed by atoms with Crippen LogP contribution in [0.5, 0.6) is 11.5 Å². The molecule has 1 aromatic heterocycles. The molecule has 7 heteroatoms. The summed E-state index contributed by atoms with van der Waals surface area (Å²) in [5.74, 6) is 0.774. The average molecular weight is 428 g/mol. The van der Waals surface area contributed by atoms with Gasteiger partial charge in [0.25, 0.3) is 11.8 Å². The molecule has 5 rings (SSSR count). The highest BCUT2D eigenvalue weighted by Gasteiger charge is 2.25. The molecule has 0 aliphatic carbocycles. The lowest BCUT2D eigenvalue weighted by Crippen LogP contribution is -2.34. The zero-order valence-corrected chi connectivity index (χ0v) is 17.3. The van der Waals surface area contributed by atoms with E-state index in [1.165, 1.54) is 0 Å². The standard InChI is InChI=1S/C25H20N2O5/c1-15-24(28)27-20-13-16(11-12-22(20)31-15)26-25(29)23-19(14-30-17-7-3-2-4-8-17)18-9-5-6-10-21(18)32-23/h2-13,15H,14H2,1H3,(H,26,29)(H,27,28)/t15-/m0/s1. The molecule has 0 bridgehead atoms. The molecule has 2 heterocycles. The van der Waals surface area contributed by atoms with Crippen molar-refractivity contribution in [2.45, 2.75) is 19.6 Å². The third kappa shape index (κ3) is 3.76. The summed E-state index contributed by atoms with van der Waals surface area (Å²) in [4.78, 5) is 25.0. The Kier molecular flexibility index (Phi) is 4.99. The summed E-state index contributed by atoms with van der Waals surface area (Å²) < 4.78 is 17.3. The van der Waals surface area contributed by atoms with E-state index in [4.69, 9.17) is 13.9 Å². The van der Waals surface area contributed by atoms with Crippen LogP contribution in [0.25, 0.3) is 11.0 Å². The van der Waals surface area contributed by atoms with Gasteiger partial charge in [-0.3, -0.25) is 9.59 Å². The molecule has 1 aliphatic heterocycles. The van der Waals surface area contributed by atoms with Crippen molar-refractivity contribution in [2.75, 3.05) is 10.6 Å². The van der Waals surface area contributed by atoms with Gasteiger partial charge in [0.15, 0.2) is 11.9 Å². The lowest BCUT2D eigenvalue weighted by molar-refractivity contribution is -0.122. The second-order valence-electron chi connectivity index (χ2n) is 7.42. The first kappa shape index (κ1) is 19.7. The number of amides is 2. The van der Waals surface area contributed by atoms with E-state index in [-0.39, 0.29) is 18.3 Å². The molecular weight excluding hydrogens is 408 g/mol. The van der Waals surface area contributed by atoms with E-state index in [9.17, 15) is 9.59 Å². The number of fused-ring (bicyclic) bond motifs is 2. The van der Waals surface area contributed by atoms with E-state index in [1.54, 1.807) is 25.1 Å². The summed E-state index contributed by atoms with van der Waals surface area (Å²) >= 11 is 0. The molecule has 0 radical (unpaired) electrons. The van der Waals surface area contributed by atoms with Gasteiger partial charge in [-0.25, -0.2) is 0 Å². The third-order valence-corrected chi connectivity index (χ3v) is 5.20. The van der Waals surface area contributed by atoms with Gasteiger partial charge in [-0.15, -0.1) is 0 Å². The van der Waals surface area contributed by atoms with E-state index in [0.717, 1.165) is 5.39 Å². The van der Waals surface area contributed by atoms with E-state index < -0.39 is 12.0 Å². The maximum absolute atomic E-state index is 13.1. The normalized spacial score (nSPS) is 14.9. The zero-order valence-electron chi connectivity index (χ0n) is 17.3. The van der Waals surface area contributed by atoms with Gasteiger partial charge in [0, 0.05) is 16.6 Å². The lowest BCUT2D eigenvalue weighted by atomic mass is 10.1. The van der Waals surface area contributed by atoms with Gasteiger partial charge in [-0.2, -0.15) is 0 Å². The fraction of sp³-hybridized carbons (Fsp3) is 0.120. The minimum absolute atomic E-state index is 0.175. The Hall–Kier alpha value is -4.26. The molecule has 2 amide bonds. The molecular formula is C25H20N2O5. The van der Waals surface area contributed by atoms with Crippen LogP contribution in [0.1, 0.15) is 23.0 Å². The molecule has 7 nitrogen and oxygen atoms in total. The average Bonchev–Trinajstić information content (AvgIpc) is 3.18. The predicted octanol–water partition coefficient (Wildman–Crippen LogP) is 4.98. The highest BCUT2D eigenvalue weighted by Crippen LogP contribution is 2.33. The molecule has 2 N–H and O–H groups in total. The van der Waals surface area contributed by atoms with Crippen molar-refractivity contribution >= 4 is 34.2 Å². The van der Waals surface area contributed by atoms with Gasteiger partial charge in [-0.1, -0.05) is 36.4 Å². The molecule has 0 spiro atoms. The summed E-state index contributed by atoms with van der Waals surface area (Å²) in [7, 11) is 0. The predicted molar refractivity (Wildman–Crippen MR) is 120 cm³/mol. The summed E-state index contributed by atoms with van der Waals surface area (Å²) in [5, 5.41) is 6.43. The first-order chi connectivity index (χ1) is 15.6. The van der Waals surface area contributed by atoms with Gasteiger partial charge in [0.05, 0.1) is 5.69 Å². The van der Waals surface area contributed by atoms with Crippen LogP contribution in [-0.4, -0.2) is 17.9 Å². The van der Waals surface area contributed by atoms with Crippen LogP contribution in [0.15, 0.2) is 77.2 Å². The van der Waals surface area contributed by atoms with Crippen LogP contribution >= 0.6 is 0 Å². The van der Waals surface area contributed by atoms with Crippen LogP contribution in [-0.2, 0) is 11.4 Å². The second kappa shape index (κ2) is 8.11. The lowest BCUT2D eigenvalue weighted by Gasteiger charge is -2.23. The van der Waals surface area contributed by atoms with Crippen molar-refractivity contribution in [2.24, 2.45) is 0 Å². The number of furan rings is 1. The Morgan fingerprint density at radius 3 is 2.69 bits per heavy atom. The number of benzene rings is 3. The van der Waals surface area contributed by atoms with Gasteiger partial charge in [-0.05, 0) is 43.3 Å². The number of ether oxygens (including phenoxy) is 2. The van der Waals surface area contributed by atoms with Crippen molar-refractivity contribution in [1.82, 2.24) is 0 Å². The van der Waals surface area contributed by atoms with Crippen LogP contribution in [0.2, 0.25) is 0 Å². The monoisotopic (exact) mass is 428 g/mol. The minimum Gasteiger partial charge on any atom is -0.489 e. The van der Waals surface area contributed by atoms with E-state index >= 15 is 0 Å². The number of hydrogen-bond donors (Lipinski definition) is 2. The highest BCUT2D eigenvalue weighted by atomic mass is 16.5. The van der Waals surface area contributed by atoms with Crippen LogP contribution in [0, 0.1) is 0 Å². The van der Waals surface area contributed by atoms with Crippen molar-refractivity contribution in [3.05, 3.63) is 84.1 Å². The van der Waals surface area contributed by atoms with E-state index in [2.05, 4.69) is 10.6 Å². The van der Waals surface area contributed by atoms with Gasteiger partial charge in [0.2, 0.25) is 0 Å². The molecule has 160 valence electrons. The molecule has 0 unspecified atom stereocenters. The van der Waals surface area contributed by atoms with Crippen molar-refractivity contribution in [1.29, 1.82) is 0 Å². The number of nitrogens with one attached hydrogen (secondary N) is 2. The van der Waals surface area contributed by atoms with Crippen molar-refractivity contribution in [3.8, 4) is 11.5 Å². The van der Waals surface area contributed by atoms with E-state index in [1.807, 2.05) is 54.6 Å². The van der Waals surface area contributed by atoms with Crippen molar-refractivity contribution < 1.29 is 23.5 Å². The summed E-state index contributed by atoms with van der Waals surface area (Å²) in [5.41, 5.74) is 2.26. The maximum atomic E-state index is 13.1. The first-order valence-corrected chi connectivity index (χ1v) is 10.2. The maximum Gasteiger partial charge on any atom is 0.291 e. The quantitative estimate of drug-likeness (QED) is 0.468. The van der Waals surface area contributed by atoms with Gasteiger partial charge < -0.3 is 24.5 Å². The topological polar surface area (TPSA) is 89.8 Å². The fourth-order valence-electron chi connectivity index (χ4n) is 3.57. The summed E-state index contributed by atoms with van der Waals surface area (Å²) in [6.45, 7) is 1.85. The number of carbonyl (C=O) groups is 2. The third-order valence-electron chi connectivity index (χ3n) is 5.20. The summed E-state index contributed by atoms with van der Waals surface area (Å²) in [6, 6.07) is 21.9. The van der Waals surface area contributed by atoms with Crippen molar-refractivity contribution in [3.63, 3.8) is 0 Å². The van der Waals surface area contributed by atoms with Crippen LogP contribution in [0.4, 0.5) is 11.4 Å². The number of para-hydroxylation sites is 2. The Labute approximate surface area is 183 Å². The molecule has 0 fully saturated rings. The smallest absolute Gasteiger partial charge is 0.291 e. The summed E-state index contributed by atoms with van der Waals surface area (Å²) in [6.07, 6.45) is -0.564. The van der Waals surface area contributed by atoms with Crippen LogP contribution in [0.3, 0.4) is 0 Å². The SMILES string of the molecule is C[C@@H]1Oc2ccc(NC(=O)c3oc4ccccc4c3COc3ccccc3)cc2NC1=O. The number of anilines is 2. The Morgan fingerprint density at radius 1 is 1.06 bits per heavy atom. The Morgan fingerprint density at radius 2 is 1.84 bits per heavy atom. The van der Waals surface area contributed by atoms with E-state index in [0.29, 0.717) is 34.0 Å². The molecule has 1 atom stereocenters. The highest BCUT2D eigenvalue weighted by molar-refractivity contribution is 6.07. The first-order valence-electron chi connectivity index (χ1n) is 10.2. The van der Waals surface area contributed by atoms with Gasteiger partial charge >= 0.3 is 0 Å². The largest absolute Gasteiger partial charge is 0.489 e. The molecule has 0 saturated carbocycles. The Bertz CT molecular complexity index is 1310. The molecule has 0 saturated heterocycles. The Balaban J connectivity index is 1.42. The number of hydrogen-bond acceptors (Lipinski definition) is 5. The zero-order chi connectivity index (χ0) is 22.1. The minimum atomic E-state index is -0.564. The molecule has 3 aromatic carbocycles. The number of rotatable bonds is 5. The molecule has 4 aromatic rings. The molecule has 1 aliphatic rings. The fourth-order valence-corrected chi connectivity index (χ4v) is 3.57. The molecule has 32 heavy (non-hydrogen) atoms. The van der Waals surface area contributed by atoms with Crippen LogP contribution < -0.4 is 20.1 Å². The van der Waals surface area contributed by atoms with Gasteiger partial charge in [0.1, 0.15) is 23.7 Å². The number of carbonyl (C=O) groups excluding carboxylic acids is 2.